The van der Waals surface area contributed by atoms with E-state index in [2.05, 4.69) is 5.32 Å². The van der Waals surface area contributed by atoms with Gasteiger partial charge in [0.25, 0.3) is 5.91 Å². The van der Waals surface area contributed by atoms with Gasteiger partial charge in [-0.25, -0.2) is 0 Å². The molecule has 0 unspecified atom stereocenters. The van der Waals surface area contributed by atoms with Crippen LogP contribution in [-0.4, -0.2) is 17.4 Å². The van der Waals surface area contributed by atoms with Gasteiger partial charge in [-0.3, -0.25) is 14.9 Å². The van der Waals surface area contributed by atoms with E-state index in [0.29, 0.717) is 0 Å². The molecule has 0 aliphatic heterocycles. The molecule has 0 saturated heterocycles. The maximum Gasteiger partial charge on any atom is 0.416 e. The number of carbonyl (C=O) groups is 1. The summed E-state index contributed by atoms with van der Waals surface area (Å²) in [4.78, 5) is 21.4. The number of hydrogen-bond donors (Lipinski definition) is 1. The van der Waals surface area contributed by atoms with Crippen molar-refractivity contribution in [1.29, 1.82) is 0 Å². The Morgan fingerprint density at radius 3 is 2.36 bits per heavy atom. The van der Waals surface area contributed by atoms with E-state index in [1.165, 1.54) is 0 Å². The molecule has 132 valence electrons. The summed E-state index contributed by atoms with van der Waals surface area (Å²) >= 11 is 0. The van der Waals surface area contributed by atoms with Crippen LogP contribution in [0.15, 0.2) is 42.5 Å². The summed E-state index contributed by atoms with van der Waals surface area (Å²) in [5, 5.41) is 12.9. The minimum Gasteiger partial charge on any atom is -0.484 e. The maximum atomic E-state index is 13.2. The molecule has 0 atom stereocenters. The Bertz CT molecular complexity index is 791. The molecule has 6 nitrogen and oxygen atoms in total. The highest BCUT2D eigenvalue weighted by molar-refractivity contribution is 5.92. The number of halogens is 4. The lowest BCUT2D eigenvalue weighted by Gasteiger charge is -2.09. The largest absolute Gasteiger partial charge is 0.484 e. The fourth-order valence-electron chi connectivity index (χ4n) is 1.82. The van der Waals surface area contributed by atoms with E-state index in [9.17, 15) is 32.5 Å². The first-order valence-corrected chi connectivity index (χ1v) is 6.70. The third-order valence-corrected chi connectivity index (χ3v) is 2.98. The van der Waals surface area contributed by atoms with Crippen LogP contribution in [0.4, 0.5) is 28.9 Å². The number of nitrogens with one attached hydrogen (secondary N) is 1. The standard InChI is InChI=1S/C15H10F4N2O4/c16-12-6-3-10(7-13(12)21(23)24)20-14(22)8-25-11-4-1-9(2-5-11)15(17,18)19/h1-7H,8H2,(H,20,22). The van der Waals surface area contributed by atoms with Crippen molar-refractivity contribution in [2.45, 2.75) is 6.18 Å². The number of benzene rings is 2. The van der Waals surface area contributed by atoms with Crippen molar-refractivity contribution in [1.82, 2.24) is 0 Å². The molecule has 1 N–H and O–H groups in total. The van der Waals surface area contributed by atoms with Crippen LogP contribution >= 0.6 is 0 Å². The van der Waals surface area contributed by atoms with Gasteiger partial charge in [0.05, 0.1) is 10.5 Å². The smallest absolute Gasteiger partial charge is 0.416 e. The fourth-order valence-corrected chi connectivity index (χ4v) is 1.82. The van der Waals surface area contributed by atoms with Crippen LogP contribution in [0.3, 0.4) is 0 Å². The van der Waals surface area contributed by atoms with Gasteiger partial charge in [-0.2, -0.15) is 17.6 Å². The highest BCUT2D eigenvalue weighted by Crippen LogP contribution is 2.30. The van der Waals surface area contributed by atoms with Gasteiger partial charge in [-0.05, 0) is 36.4 Å². The van der Waals surface area contributed by atoms with Crippen molar-refractivity contribution >= 4 is 17.3 Å². The Hall–Kier alpha value is -3.17. The average Bonchev–Trinajstić information content (AvgIpc) is 2.54. The summed E-state index contributed by atoms with van der Waals surface area (Å²) in [5.74, 6) is -1.74. The lowest BCUT2D eigenvalue weighted by Crippen LogP contribution is -2.20. The van der Waals surface area contributed by atoms with Crippen LogP contribution in [0, 0.1) is 15.9 Å². The zero-order valence-corrected chi connectivity index (χ0v) is 12.3. The molecule has 0 fully saturated rings. The quantitative estimate of drug-likeness (QED) is 0.501. The summed E-state index contributed by atoms with van der Waals surface area (Å²) in [7, 11) is 0. The van der Waals surface area contributed by atoms with E-state index >= 15 is 0 Å². The number of anilines is 1. The second-order valence-corrected chi connectivity index (χ2v) is 4.78. The lowest BCUT2D eigenvalue weighted by molar-refractivity contribution is -0.387. The molecule has 10 heteroatoms. The fraction of sp³-hybridized carbons (Fsp3) is 0.133. The van der Waals surface area contributed by atoms with Crippen molar-refractivity contribution in [2.24, 2.45) is 0 Å². The van der Waals surface area contributed by atoms with Crippen molar-refractivity contribution in [3.8, 4) is 5.75 Å². The number of rotatable bonds is 5. The zero-order chi connectivity index (χ0) is 18.6. The molecule has 2 aromatic carbocycles. The van der Waals surface area contributed by atoms with Crippen LogP contribution < -0.4 is 10.1 Å². The maximum absolute atomic E-state index is 13.2. The van der Waals surface area contributed by atoms with Gasteiger partial charge in [0.2, 0.25) is 5.82 Å². The zero-order valence-electron chi connectivity index (χ0n) is 12.3. The summed E-state index contributed by atoms with van der Waals surface area (Å²) < 4.78 is 55.4. The second kappa shape index (κ2) is 7.16. The molecule has 0 saturated carbocycles. The third kappa shape index (κ3) is 4.90. The summed E-state index contributed by atoms with van der Waals surface area (Å²) in [6.45, 7) is -0.545. The van der Waals surface area contributed by atoms with Gasteiger partial charge < -0.3 is 10.1 Å². The molecular formula is C15H10F4N2O4. The molecule has 0 aliphatic rings. The molecule has 2 aromatic rings. The molecule has 2 rings (SSSR count). The Morgan fingerprint density at radius 1 is 1.16 bits per heavy atom. The van der Waals surface area contributed by atoms with E-state index in [-0.39, 0.29) is 11.4 Å². The minimum atomic E-state index is -4.48. The van der Waals surface area contributed by atoms with Crippen LogP contribution in [0.2, 0.25) is 0 Å². The van der Waals surface area contributed by atoms with E-state index in [4.69, 9.17) is 4.74 Å². The SMILES string of the molecule is O=C(COc1ccc(C(F)(F)F)cc1)Nc1ccc(F)c([N+](=O)[O-])c1. The highest BCUT2D eigenvalue weighted by Gasteiger charge is 2.30. The molecule has 0 radical (unpaired) electrons. The number of nitrogens with zero attached hydrogens (tertiary/aromatic N) is 1. The van der Waals surface area contributed by atoms with Gasteiger partial charge in [0, 0.05) is 11.8 Å². The Morgan fingerprint density at radius 2 is 1.80 bits per heavy atom. The predicted molar refractivity (Wildman–Crippen MR) is 78.6 cm³/mol. The predicted octanol–water partition coefficient (Wildman–Crippen LogP) is 3.77. The first kappa shape index (κ1) is 18.2. The van der Waals surface area contributed by atoms with E-state index in [1.54, 1.807) is 0 Å². The summed E-state index contributed by atoms with van der Waals surface area (Å²) in [5.41, 5.74) is -1.68. The minimum absolute atomic E-state index is 0.0193. The number of alkyl halides is 3. The number of hydrogen-bond acceptors (Lipinski definition) is 4. The van der Waals surface area contributed by atoms with Gasteiger partial charge in [0.1, 0.15) is 5.75 Å². The van der Waals surface area contributed by atoms with E-state index < -0.39 is 40.7 Å². The van der Waals surface area contributed by atoms with Crippen molar-refractivity contribution in [3.63, 3.8) is 0 Å². The number of nitro groups is 1. The summed E-state index contributed by atoms with van der Waals surface area (Å²) in [6.07, 6.45) is -4.48. The normalized spacial score (nSPS) is 11.0. The number of ether oxygens (including phenoxy) is 1. The van der Waals surface area contributed by atoms with Crippen molar-refractivity contribution < 1.29 is 32.0 Å². The molecule has 25 heavy (non-hydrogen) atoms. The highest BCUT2D eigenvalue weighted by atomic mass is 19.4. The molecule has 0 aliphatic carbocycles. The van der Waals surface area contributed by atoms with Crippen LogP contribution in [0.1, 0.15) is 5.56 Å². The van der Waals surface area contributed by atoms with Crippen molar-refractivity contribution in [3.05, 3.63) is 64.0 Å². The van der Waals surface area contributed by atoms with E-state index in [0.717, 1.165) is 42.5 Å². The molecule has 0 spiro atoms. The molecule has 1 amide bonds. The molecular weight excluding hydrogens is 348 g/mol. The third-order valence-electron chi connectivity index (χ3n) is 2.98. The van der Waals surface area contributed by atoms with Gasteiger partial charge >= 0.3 is 11.9 Å². The first-order chi connectivity index (χ1) is 11.7. The molecule has 0 bridgehead atoms. The number of nitro benzene ring substituents is 1. The van der Waals surface area contributed by atoms with Gasteiger partial charge in [-0.15, -0.1) is 0 Å². The first-order valence-electron chi connectivity index (χ1n) is 6.70. The topological polar surface area (TPSA) is 81.5 Å². The summed E-state index contributed by atoms with van der Waals surface area (Å²) in [6, 6.07) is 6.50. The molecule has 0 heterocycles. The average molecular weight is 358 g/mol. The number of carbonyl (C=O) groups excluding carboxylic acids is 1. The lowest BCUT2D eigenvalue weighted by atomic mass is 10.2. The molecule has 0 aromatic heterocycles. The van der Waals surface area contributed by atoms with E-state index in [1.807, 2.05) is 0 Å². The van der Waals surface area contributed by atoms with Crippen LogP contribution in [0.25, 0.3) is 0 Å². The van der Waals surface area contributed by atoms with Gasteiger partial charge in [-0.1, -0.05) is 0 Å². The monoisotopic (exact) mass is 358 g/mol. The Kier molecular flexibility index (Phi) is 5.20. The Labute approximate surface area is 138 Å². The second-order valence-electron chi connectivity index (χ2n) is 4.78. The van der Waals surface area contributed by atoms with Crippen LogP contribution in [0.5, 0.6) is 5.75 Å². The van der Waals surface area contributed by atoms with Gasteiger partial charge in [0.15, 0.2) is 6.61 Å². The Balaban J connectivity index is 1.95. The van der Waals surface area contributed by atoms with Crippen molar-refractivity contribution in [2.75, 3.05) is 11.9 Å². The van der Waals surface area contributed by atoms with Crippen LogP contribution in [-0.2, 0) is 11.0 Å². The number of amides is 1.